The molecule has 0 aliphatic rings. The van der Waals surface area contributed by atoms with Gasteiger partial charge >= 0.3 is 5.97 Å². The lowest BCUT2D eigenvalue weighted by Gasteiger charge is -2.09. The van der Waals surface area contributed by atoms with E-state index in [2.05, 4.69) is 20.7 Å². The Morgan fingerprint density at radius 1 is 1.07 bits per heavy atom. The van der Waals surface area contributed by atoms with Gasteiger partial charge in [0.25, 0.3) is 5.91 Å². The number of rotatable bonds is 9. The van der Waals surface area contributed by atoms with Gasteiger partial charge in [-0.1, -0.05) is 59.8 Å². The second-order valence-electron chi connectivity index (χ2n) is 8.32. The maximum atomic E-state index is 12.8. The summed E-state index contributed by atoms with van der Waals surface area (Å²) in [6, 6.07) is 22.1. The van der Waals surface area contributed by atoms with Gasteiger partial charge in [-0.05, 0) is 48.9 Å². The molecule has 5 rings (SSSR count). The summed E-state index contributed by atoms with van der Waals surface area (Å²) in [5.41, 5.74) is 4.05. The fourth-order valence-electron chi connectivity index (χ4n) is 3.79. The third-order valence-electron chi connectivity index (χ3n) is 5.66. The number of aromatic nitrogens is 3. The van der Waals surface area contributed by atoms with Gasteiger partial charge in [-0.2, -0.15) is 5.10 Å². The van der Waals surface area contributed by atoms with Crippen molar-refractivity contribution in [2.75, 3.05) is 12.9 Å². The molecule has 0 unspecified atom stereocenters. The first-order valence-corrected chi connectivity index (χ1v) is 14.1. The van der Waals surface area contributed by atoms with Crippen LogP contribution in [0.15, 0.2) is 83.1 Å². The zero-order valence-electron chi connectivity index (χ0n) is 21.3. The van der Waals surface area contributed by atoms with Crippen molar-refractivity contribution in [3.05, 3.63) is 94.1 Å². The van der Waals surface area contributed by atoms with E-state index in [4.69, 9.17) is 21.1 Å². The number of para-hydroxylation sites is 1. The third kappa shape index (κ3) is 6.01. The number of amides is 1. The number of halogens is 1. The Morgan fingerprint density at radius 3 is 2.62 bits per heavy atom. The number of hydrazone groups is 1. The van der Waals surface area contributed by atoms with E-state index in [0.29, 0.717) is 26.4 Å². The second-order valence-corrected chi connectivity index (χ2v) is 10.7. The highest BCUT2D eigenvalue weighted by atomic mass is 35.5. The standard InChI is InChI=1S/C28H22ClN5O4S2/c1-17-31-33-28(34(17)19-8-4-3-5-9-19)39-16-24(35)32-30-15-18-12-13-21(22(14-18)37-2)38-27(36)26-25(29)20-10-6-7-11-23(20)40-26/h3-15H,16H2,1-2H3,(H,32,35)/b30-15+. The topological polar surface area (TPSA) is 108 Å². The number of ether oxygens (including phenoxy) is 2. The van der Waals surface area contributed by atoms with Crippen LogP contribution in [-0.2, 0) is 4.79 Å². The molecule has 12 heteroatoms. The van der Waals surface area contributed by atoms with E-state index < -0.39 is 5.97 Å². The van der Waals surface area contributed by atoms with Gasteiger partial charge in [0, 0.05) is 15.8 Å². The Kier molecular flexibility index (Phi) is 8.44. The molecule has 1 amide bonds. The predicted octanol–water partition coefficient (Wildman–Crippen LogP) is 5.91. The van der Waals surface area contributed by atoms with E-state index in [0.717, 1.165) is 21.6 Å². The predicted molar refractivity (Wildman–Crippen MR) is 157 cm³/mol. The molecule has 0 aliphatic heterocycles. The zero-order valence-corrected chi connectivity index (χ0v) is 23.7. The summed E-state index contributed by atoms with van der Waals surface area (Å²) in [7, 11) is 1.47. The van der Waals surface area contributed by atoms with Crippen molar-refractivity contribution < 1.29 is 19.1 Å². The summed E-state index contributed by atoms with van der Waals surface area (Å²) in [5.74, 6) is 0.500. The highest BCUT2D eigenvalue weighted by molar-refractivity contribution is 7.99. The van der Waals surface area contributed by atoms with Crippen LogP contribution in [0.25, 0.3) is 15.8 Å². The molecule has 40 heavy (non-hydrogen) atoms. The Morgan fingerprint density at radius 2 is 1.85 bits per heavy atom. The van der Waals surface area contributed by atoms with Crippen molar-refractivity contribution in [2.24, 2.45) is 5.10 Å². The third-order valence-corrected chi connectivity index (χ3v) is 8.24. The highest BCUT2D eigenvalue weighted by Crippen LogP contribution is 2.37. The van der Waals surface area contributed by atoms with Gasteiger partial charge in [0.2, 0.25) is 0 Å². The van der Waals surface area contributed by atoms with Crippen molar-refractivity contribution in [1.82, 2.24) is 20.2 Å². The molecule has 0 atom stereocenters. The molecule has 0 fully saturated rings. The molecule has 0 bridgehead atoms. The van der Waals surface area contributed by atoms with E-state index in [-0.39, 0.29) is 17.4 Å². The molecular weight excluding hydrogens is 570 g/mol. The number of nitrogens with one attached hydrogen (secondary N) is 1. The Bertz CT molecular complexity index is 1720. The lowest BCUT2D eigenvalue weighted by molar-refractivity contribution is -0.118. The van der Waals surface area contributed by atoms with E-state index in [1.54, 1.807) is 18.2 Å². The van der Waals surface area contributed by atoms with Gasteiger partial charge in [0.15, 0.2) is 16.7 Å². The minimum atomic E-state index is -0.575. The maximum absolute atomic E-state index is 12.8. The summed E-state index contributed by atoms with van der Waals surface area (Å²) in [5, 5.41) is 14.1. The normalized spacial score (nSPS) is 11.2. The number of methoxy groups -OCH3 is 1. The van der Waals surface area contributed by atoms with Gasteiger partial charge in [-0.3, -0.25) is 9.36 Å². The Balaban J connectivity index is 1.19. The molecule has 202 valence electrons. The van der Waals surface area contributed by atoms with E-state index in [1.807, 2.05) is 66.1 Å². The van der Waals surface area contributed by atoms with E-state index in [1.165, 1.54) is 36.4 Å². The van der Waals surface area contributed by atoms with Crippen molar-refractivity contribution in [3.8, 4) is 17.2 Å². The lowest BCUT2D eigenvalue weighted by Crippen LogP contribution is -2.20. The smallest absolute Gasteiger partial charge is 0.355 e. The summed E-state index contributed by atoms with van der Waals surface area (Å²) < 4.78 is 13.8. The first kappa shape index (κ1) is 27.4. The van der Waals surface area contributed by atoms with Crippen LogP contribution in [0.1, 0.15) is 21.1 Å². The van der Waals surface area contributed by atoms with E-state index in [9.17, 15) is 9.59 Å². The van der Waals surface area contributed by atoms with Crippen LogP contribution in [0, 0.1) is 6.92 Å². The number of thioether (sulfide) groups is 1. The van der Waals surface area contributed by atoms with Gasteiger partial charge in [0.05, 0.1) is 24.1 Å². The number of nitrogens with zero attached hydrogens (tertiary/aromatic N) is 4. The molecule has 3 aromatic carbocycles. The number of esters is 1. The van der Waals surface area contributed by atoms with Crippen LogP contribution in [0.5, 0.6) is 11.5 Å². The number of carbonyl (C=O) groups excluding carboxylic acids is 2. The Labute approximate surface area is 242 Å². The average molecular weight is 592 g/mol. The van der Waals surface area contributed by atoms with Crippen LogP contribution < -0.4 is 14.9 Å². The second kappa shape index (κ2) is 12.3. The van der Waals surface area contributed by atoms with Crippen molar-refractivity contribution in [2.45, 2.75) is 12.1 Å². The minimum absolute atomic E-state index is 0.0980. The van der Waals surface area contributed by atoms with Gasteiger partial charge < -0.3 is 9.47 Å². The molecule has 0 saturated heterocycles. The quantitative estimate of drug-likeness (QED) is 0.0746. The van der Waals surface area contributed by atoms with Crippen molar-refractivity contribution in [3.63, 3.8) is 0 Å². The molecule has 0 spiro atoms. The lowest BCUT2D eigenvalue weighted by atomic mass is 10.2. The summed E-state index contributed by atoms with van der Waals surface area (Å²) in [6.07, 6.45) is 1.47. The summed E-state index contributed by atoms with van der Waals surface area (Å²) in [4.78, 5) is 25.5. The van der Waals surface area contributed by atoms with Crippen LogP contribution in [-0.4, -0.2) is 45.7 Å². The van der Waals surface area contributed by atoms with Gasteiger partial charge in [0.1, 0.15) is 10.7 Å². The molecule has 1 N–H and O–H groups in total. The number of thiophene rings is 1. The van der Waals surface area contributed by atoms with Crippen LogP contribution in [0.3, 0.4) is 0 Å². The molecule has 2 heterocycles. The molecule has 9 nitrogen and oxygen atoms in total. The maximum Gasteiger partial charge on any atom is 0.355 e. The zero-order chi connectivity index (χ0) is 28.1. The summed E-state index contributed by atoms with van der Waals surface area (Å²) >= 11 is 8.93. The molecule has 0 radical (unpaired) electrons. The fourth-order valence-corrected chi connectivity index (χ4v) is 5.97. The van der Waals surface area contributed by atoms with Crippen LogP contribution in [0.2, 0.25) is 5.02 Å². The van der Waals surface area contributed by atoms with Crippen LogP contribution >= 0.6 is 34.7 Å². The largest absolute Gasteiger partial charge is 0.493 e. The van der Waals surface area contributed by atoms with Crippen molar-refractivity contribution in [1.29, 1.82) is 0 Å². The Hall–Kier alpha value is -4.19. The highest BCUT2D eigenvalue weighted by Gasteiger charge is 2.20. The molecule has 2 aromatic heterocycles. The number of hydrogen-bond donors (Lipinski definition) is 1. The fraction of sp³-hybridized carbons (Fsp3) is 0.107. The number of carbonyl (C=O) groups is 2. The van der Waals surface area contributed by atoms with E-state index >= 15 is 0 Å². The first-order valence-electron chi connectivity index (χ1n) is 11.9. The average Bonchev–Trinajstić information content (AvgIpc) is 3.52. The van der Waals surface area contributed by atoms with Crippen molar-refractivity contribution >= 4 is 62.9 Å². The summed E-state index contributed by atoms with van der Waals surface area (Å²) in [6.45, 7) is 1.86. The number of aryl methyl sites for hydroxylation is 1. The number of hydrogen-bond acceptors (Lipinski definition) is 9. The minimum Gasteiger partial charge on any atom is -0.493 e. The monoisotopic (exact) mass is 591 g/mol. The van der Waals surface area contributed by atoms with Gasteiger partial charge in [-0.15, -0.1) is 21.5 Å². The molecular formula is C28H22ClN5O4S2. The number of benzene rings is 3. The van der Waals surface area contributed by atoms with Gasteiger partial charge in [-0.25, -0.2) is 10.2 Å². The molecule has 5 aromatic rings. The molecule has 0 aliphatic carbocycles. The number of fused-ring (bicyclic) bond motifs is 1. The SMILES string of the molecule is COc1cc(/C=N/NC(=O)CSc2nnc(C)n2-c2ccccc2)ccc1OC(=O)c1sc2ccccc2c1Cl. The molecule has 0 saturated carbocycles. The van der Waals surface area contributed by atoms with Crippen LogP contribution in [0.4, 0.5) is 0 Å². The first-order chi connectivity index (χ1) is 19.4.